The maximum absolute atomic E-state index is 13.3. The van der Waals surface area contributed by atoms with Crippen LogP contribution in [-0.4, -0.2) is 40.4 Å². The van der Waals surface area contributed by atoms with Crippen molar-refractivity contribution in [2.24, 2.45) is 0 Å². The Morgan fingerprint density at radius 2 is 1.85 bits per heavy atom. The van der Waals surface area contributed by atoms with Crippen molar-refractivity contribution in [3.05, 3.63) is 94.3 Å². The maximum Gasteiger partial charge on any atom is 0.282 e. The molecule has 1 amide bonds. The van der Waals surface area contributed by atoms with Gasteiger partial charge in [0, 0.05) is 12.1 Å². The van der Waals surface area contributed by atoms with Gasteiger partial charge in [-0.25, -0.2) is 19.0 Å². The van der Waals surface area contributed by atoms with Crippen molar-refractivity contribution in [2.75, 3.05) is 5.32 Å². The third-order valence-electron chi connectivity index (χ3n) is 5.04. The van der Waals surface area contributed by atoms with Crippen molar-refractivity contribution in [1.82, 2.24) is 29.5 Å². The average Bonchev–Trinajstić information content (AvgIpc) is 3.42. The lowest BCUT2D eigenvalue weighted by Crippen LogP contribution is -2.17. The average molecular weight is 458 g/mol. The number of anilines is 1. The topological polar surface area (TPSA) is 134 Å². The summed E-state index contributed by atoms with van der Waals surface area (Å²) in [6.45, 7) is 1.73. The van der Waals surface area contributed by atoms with E-state index < -0.39 is 10.8 Å². The van der Waals surface area contributed by atoms with Crippen molar-refractivity contribution >= 4 is 28.4 Å². The van der Waals surface area contributed by atoms with Crippen LogP contribution >= 0.6 is 0 Å². The number of nitrogens with zero attached hydrogens (tertiary/aromatic N) is 7. The number of nitro benzene ring substituents is 1. The molecule has 0 saturated carbocycles. The van der Waals surface area contributed by atoms with Gasteiger partial charge in [-0.05, 0) is 37.3 Å². The van der Waals surface area contributed by atoms with E-state index in [1.54, 1.807) is 37.4 Å². The lowest BCUT2D eigenvalue weighted by Gasteiger charge is -2.09. The molecule has 12 heteroatoms. The fourth-order valence-electron chi connectivity index (χ4n) is 3.53. The molecule has 0 fully saturated rings. The van der Waals surface area contributed by atoms with E-state index in [2.05, 4.69) is 25.5 Å². The Bertz CT molecular complexity index is 1560. The van der Waals surface area contributed by atoms with Crippen LogP contribution in [0.3, 0.4) is 0 Å². The molecular formula is C22H15FN8O3. The van der Waals surface area contributed by atoms with Gasteiger partial charge in [-0.2, -0.15) is 14.9 Å². The molecule has 0 aliphatic rings. The Kier molecular flexibility index (Phi) is 5.01. The zero-order chi connectivity index (χ0) is 23.8. The monoisotopic (exact) mass is 458 g/mol. The Morgan fingerprint density at radius 1 is 1.09 bits per heavy atom. The summed E-state index contributed by atoms with van der Waals surface area (Å²) in [7, 11) is 0. The number of hydrogen-bond acceptors (Lipinski definition) is 7. The molecule has 3 heterocycles. The van der Waals surface area contributed by atoms with E-state index in [4.69, 9.17) is 0 Å². The number of rotatable bonds is 5. The zero-order valence-electron chi connectivity index (χ0n) is 17.6. The molecule has 11 nitrogen and oxygen atoms in total. The highest BCUT2D eigenvalue weighted by Crippen LogP contribution is 2.25. The number of aromatic nitrogens is 6. The zero-order valence-corrected chi connectivity index (χ0v) is 17.6. The number of nitro groups is 1. The molecule has 168 valence electrons. The van der Waals surface area contributed by atoms with E-state index in [1.807, 2.05) is 0 Å². The molecule has 0 unspecified atom stereocenters. The molecule has 2 aromatic carbocycles. The van der Waals surface area contributed by atoms with Crippen LogP contribution in [0.4, 0.5) is 15.9 Å². The minimum atomic E-state index is -0.666. The van der Waals surface area contributed by atoms with Crippen LogP contribution in [0, 0.1) is 22.9 Å². The largest absolute Gasteiger partial charge is 0.306 e. The summed E-state index contributed by atoms with van der Waals surface area (Å²) in [6, 6.07) is 13.1. The summed E-state index contributed by atoms with van der Waals surface area (Å²) in [5.41, 5.74) is 1.22. The molecule has 0 aliphatic carbocycles. The van der Waals surface area contributed by atoms with Crippen LogP contribution in [-0.2, 0) is 0 Å². The van der Waals surface area contributed by atoms with Crippen LogP contribution in [0.1, 0.15) is 16.1 Å². The van der Waals surface area contributed by atoms with Gasteiger partial charge in [0.05, 0.1) is 27.9 Å². The molecule has 0 aliphatic heterocycles. The first-order valence-electron chi connectivity index (χ1n) is 9.99. The summed E-state index contributed by atoms with van der Waals surface area (Å²) in [5, 5.41) is 23.3. The molecule has 3 aromatic heterocycles. The van der Waals surface area contributed by atoms with E-state index in [0.29, 0.717) is 28.2 Å². The molecule has 1 N–H and O–H groups in total. The first kappa shape index (κ1) is 20.9. The van der Waals surface area contributed by atoms with Gasteiger partial charge in [0.2, 0.25) is 0 Å². The molecule has 0 atom stereocenters. The molecule has 5 aromatic rings. The molecule has 0 bridgehead atoms. The number of nitrogens with one attached hydrogen (secondary N) is 1. The van der Waals surface area contributed by atoms with E-state index in [9.17, 15) is 19.3 Å². The quantitative estimate of drug-likeness (QED) is 0.314. The van der Waals surface area contributed by atoms with Crippen molar-refractivity contribution in [1.29, 1.82) is 0 Å². The Labute approximate surface area is 190 Å². The predicted octanol–water partition coefficient (Wildman–Crippen LogP) is 3.61. The number of hydrogen-bond donors (Lipinski definition) is 1. The maximum atomic E-state index is 13.3. The first-order valence-corrected chi connectivity index (χ1v) is 9.99. The van der Waals surface area contributed by atoms with Gasteiger partial charge in [-0.3, -0.25) is 14.9 Å². The fourth-order valence-corrected chi connectivity index (χ4v) is 3.53. The second kappa shape index (κ2) is 8.16. The van der Waals surface area contributed by atoms with E-state index >= 15 is 0 Å². The molecule has 0 radical (unpaired) electrons. The minimum Gasteiger partial charge on any atom is -0.306 e. The van der Waals surface area contributed by atoms with Gasteiger partial charge in [0.1, 0.15) is 23.5 Å². The van der Waals surface area contributed by atoms with Crippen LogP contribution in [0.15, 0.2) is 67.1 Å². The molecule has 34 heavy (non-hydrogen) atoms. The highest BCUT2D eigenvalue weighted by Gasteiger charge is 2.22. The summed E-state index contributed by atoms with van der Waals surface area (Å²) in [4.78, 5) is 32.2. The highest BCUT2D eigenvalue weighted by molar-refractivity contribution is 6.06. The number of carbonyl (C=O) groups excluding carboxylic acids is 1. The number of carbonyl (C=O) groups is 1. The molecule has 0 spiro atoms. The van der Waals surface area contributed by atoms with Crippen molar-refractivity contribution < 1.29 is 14.1 Å². The minimum absolute atomic E-state index is 0.0881. The standard InChI is InChI=1S/C22H15FN8O3/c1-13-10-19(27-22(32)16-4-2-3-5-18(16)31(33)34)30(28-13)21-17-11-26-29(20(17)24-12-25-21)15-8-6-14(23)7-9-15/h2-12H,1H3,(H,27,32). The summed E-state index contributed by atoms with van der Waals surface area (Å²) >= 11 is 0. The lowest BCUT2D eigenvalue weighted by atomic mass is 10.1. The van der Waals surface area contributed by atoms with E-state index in [1.165, 1.54) is 46.0 Å². The normalized spacial score (nSPS) is 11.0. The molecular weight excluding hydrogens is 443 g/mol. The molecule has 0 saturated heterocycles. The van der Waals surface area contributed by atoms with Crippen molar-refractivity contribution in [3.8, 4) is 11.5 Å². The second-order valence-corrected chi connectivity index (χ2v) is 7.28. The number of benzene rings is 2. The summed E-state index contributed by atoms with van der Waals surface area (Å²) in [5.74, 6) is -0.443. The SMILES string of the molecule is Cc1cc(NC(=O)c2ccccc2[N+](=O)[O-])n(-c2ncnc3c2cnn3-c2ccc(F)cc2)n1. The second-order valence-electron chi connectivity index (χ2n) is 7.28. The summed E-state index contributed by atoms with van der Waals surface area (Å²) in [6.07, 6.45) is 2.86. The van der Waals surface area contributed by atoms with Crippen LogP contribution in [0.5, 0.6) is 0 Å². The van der Waals surface area contributed by atoms with Crippen molar-refractivity contribution in [2.45, 2.75) is 6.92 Å². The highest BCUT2D eigenvalue weighted by atomic mass is 19.1. The van der Waals surface area contributed by atoms with E-state index in [-0.39, 0.29) is 22.9 Å². The Morgan fingerprint density at radius 3 is 2.62 bits per heavy atom. The lowest BCUT2D eigenvalue weighted by molar-refractivity contribution is -0.385. The summed E-state index contributed by atoms with van der Waals surface area (Å²) < 4.78 is 16.3. The number of para-hydroxylation sites is 1. The first-order chi connectivity index (χ1) is 16.4. The fraction of sp³-hybridized carbons (Fsp3) is 0.0455. The number of aryl methyl sites for hydroxylation is 1. The number of amides is 1. The Balaban J connectivity index is 1.56. The van der Waals surface area contributed by atoms with Gasteiger partial charge >= 0.3 is 0 Å². The van der Waals surface area contributed by atoms with Gasteiger partial charge in [0.15, 0.2) is 11.5 Å². The van der Waals surface area contributed by atoms with Gasteiger partial charge in [-0.15, -0.1) is 0 Å². The smallest absolute Gasteiger partial charge is 0.282 e. The number of halogens is 1. The third kappa shape index (κ3) is 3.62. The van der Waals surface area contributed by atoms with Gasteiger partial charge < -0.3 is 5.32 Å². The van der Waals surface area contributed by atoms with Gasteiger partial charge in [0.25, 0.3) is 11.6 Å². The number of fused-ring (bicyclic) bond motifs is 1. The van der Waals surface area contributed by atoms with Gasteiger partial charge in [-0.1, -0.05) is 12.1 Å². The Hall–Kier alpha value is -5.00. The van der Waals surface area contributed by atoms with Crippen LogP contribution < -0.4 is 5.32 Å². The van der Waals surface area contributed by atoms with Crippen molar-refractivity contribution in [3.63, 3.8) is 0 Å². The van der Waals surface area contributed by atoms with Crippen LogP contribution in [0.25, 0.3) is 22.5 Å². The van der Waals surface area contributed by atoms with E-state index in [0.717, 1.165) is 0 Å². The predicted molar refractivity (Wildman–Crippen MR) is 120 cm³/mol. The third-order valence-corrected chi connectivity index (χ3v) is 5.04. The molecule has 5 rings (SSSR count). The van der Waals surface area contributed by atoms with Crippen LogP contribution in [0.2, 0.25) is 0 Å².